The van der Waals surface area contributed by atoms with Gasteiger partial charge < -0.3 is 9.47 Å². The molecule has 4 nitrogen and oxygen atoms in total. The van der Waals surface area contributed by atoms with Crippen molar-refractivity contribution in [2.75, 3.05) is 0 Å². The van der Waals surface area contributed by atoms with Crippen molar-refractivity contribution in [3.05, 3.63) is 130 Å². The minimum Gasteiger partial charge on any atom is -0.425 e. The SMILES string of the molecule is Cc1cc(C(C)(C)c2ccc3c(c2)C(c2ccccc2)C(=O)O3)cc2c1OC(=O)C2c1ccccc1. The van der Waals surface area contributed by atoms with E-state index in [1.807, 2.05) is 79.7 Å². The van der Waals surface area contributed by atoms with Crippen LogP contribution in [0.5, 0.6) is 11.5 Å². The van der Waals surface area contributed by atoms with Gasteiger partial charge in [-0.1, -0.05) is 86.6 Å². The van der Waals surface area contributed by atoms with Crippen molar-refractivity contribution in [2.24, 2.45) is 0 Å². The second kappa shape index (κ2) is 8.20. The molecule has 0 radical (unpaired) electrons. The summed E-state index contributed by atoms with van der Waals surface area (Å²) in [5.41, 5.74) is 6.33. The summed E-state index contributed by atoms with van der Waals surface area (Å²) in [5.74, 6) is -0.0995. The van der Waals surface area contributed by atoms with Gasteiger partial charge in [-0.15, -0.1) is 0 Å². The molecule has 2 aliphatic rings. The lowest BCUT2D eigenvalue weighted by Crippen LogP contribution is -2.20. The molecule has 0 saturated heterocycles. The average molecular weight is 475 g/mol. The Labute approximate surface area is 210 Å². The molecule has 6 rings (SSSR count). The van der Waals surface area contributed by atoms with Crippen molar-refractivity contribution in [3.8, 4) is 11.5 Å². The summed E-state index contributed by atoms with van der Waals surface area (Å²) in [6, 6.07) is 29.7. The first-order valence-electron chi connectivity index (χ1n) is 12.2. The van der Waals surface area contributed by atoms with Gasteiger partial charge in [0.05, 0.1) is 0 Å². The van der Waals surface area contributed by atoms with Crippen LogP contribution in [-0.2, 0) is 15.0 Å². The van der Waals surface area contributed by atoms with E-state index in [0.29, 0.717) is 11.5 Å². The third kappa shape index (κ3) is 3.44. The molecule has 4 aromatic rings. The van der Waals surface area contributed by atoms with E-state index in [9.17, 15) is 9.59 Å². The molecule has 178 valence electrons. The molecular weight excluding hydrogens is 448 g/mol. The molecule has 0 aliphatic carbocycles. The number of ether oxygens (including phenoxy) is 2. The predicted molar refractivity (Wildman–Crippen MR) is 138 cm³/mol. The zero-order valence-corrected chi connectivity index (χ0v) is 20.4. The molecule has 2 aliphatic heterocycles. The number of esters is 2. The maximum absolute atomic E-state index is 12.9. The van der Waals surface area contributed by atoms with Crippen molar-refractivity contribution < 1.29 is 19.1 Å². The fraction of sp³-hybridized carbons (Fsp3) is 0.188. The molecule has 2 unspecified atom stereocenters. The van der Waals surface area contributed by atoms with Crippen LogP contribution in [0, 0.1) is 6.92 Å². The molecular formula is C32H26O4. The van der Waals surface area contributed by atoms with Gasteiger partial charge in [0.25, 0.3) is 0 Å². The number of hydrogen-bond donors (Lipinski definition) is 0. The van der Waals surface area contributed by atoms with Crippen LogP contribution in [0.3, 0.4) is 0 Å². The van der Waals surface area contributed by atoms with E-state index in [0.717, 1.165) is 38.9 Å². The number of rotatable bonds is 4. The number of carbonyl (C=O) groups excluding carboxylic acids is 2. The monoisotopic (exact) mass is 474 g/mol. The molecule has 2 atom stereocenters. The molecule has 4 heteroatoms. The van der Waals surface area contributed by atoms with Crippen LogP contribution in [0.2, 0.25) is 0 Å². The van der Waals surface area contributed by atoms with Gasteiger partial charge in [-0.05, 0) is 52.9 Å². The van der Waals surface area contributed by atoms with Crippen molar-refractivity contribution in [1.29, 1.82) is 0 Å². The zero-order chi connectivity index (χ0) is 25.0. The van der Waals surface area contributed by atoms with Gasteiger partial charge in [0.1, 0.15) is 23.3 Å². The number of hydrogen-bond acceptors (Lipinski definition) is 4. The summed E-state index contributed by atoms with van der Waals surface area (Å²) < 4.78 is 11.3. The maximum atomic E-state index is 12.9. The Balaban J connectivity index is 1.44. The minimum atomic E-state index is -0.441. The highest BCUT2D eigenvalue weighted by Crippen LogP contribution is 2.46. The van der Waals surface area contributed by atoms with Crippen LogP contribution in [-0.4, -0.2) is 11.9 Å². The Morgan fingerprint density at radius 3 is 1.83 bits per heavy atom. The quantitative estimate of drug-likeness (QED) is 0.253. The Hall–Kier alpha value is -4.18. The Kier molecular flexibility index (Phi) is 5.08. The maximum Gasteiger partial charge on any atom is 0.323 e. The normalized spacial score (nSPS) is 18.4. The number of aryl methyl sites for hydroxylation is 1. The van der Waals surface area contributed by atoms with Gasteiger partial charge in [0, 0.05) is 16.5 Å². The van der Waals surface area contributed by atoms with Gasteiger partial charge in [0.15, 0.2) is 0 Å². The molecule has 0 N–H and O–H groups in total. The summed E-state index contributed by atoms with van der Waals surface area (Å²) in [6.45, 7) is 6.32. The lowest BCUT2D eigenvalue weighted by molar-refractivity contribution is -0.134. The van der Waals surface area contributed by atoms with Gasteiger partial charge in [-0.25, -0.2) is 0 Å². The fourth-order valence-electron chi connectivity index (χ4n) is 5.44. The van der Waals surface area contributed by atoms with Gasteiger partial charge in [0.2, 0.25) is 0 Å². The van der Waals surface area contributed by atoms with Crippen LogP contribution in [0.15, 0.2) is 91.0 Å². The lowest BCUT2D eigenvalue weighted by Gasteiger charge is -2.28. The van der Waals surface area contributed by atoms with Gasteiger partial charge in [-0.2, -0.15) is 0 Å². The van der Waals surface area contributed by atoms with Crippen LogP contribution in [0.25, 0.3) is 0 Å². The number of benzene rings is 4. The van der Waals surface area contributed by atoms with Crippen LogP contribution < -0.4 is 9.47 Å². The first kappa shape index (κ1) is 22.3. The third-order valence-electron chi connectivity index (χ3n) is 7.53. The van der Waals surface area contributed by atoms with E-state index < -0.39 is 17.3 Å². The van der Waals surface area contributed by atoms with Crippen molar-refractivity contribution in [1.82, 2.24) is 0 Å². The second-order valence-corrected chi connectivity index (χ2v) is 10.1. The molecule has 0 fully saturated rings. The largest absolute Gasteiger partial charge is 0.425 e. The summed E-state index contributed by atoms with van der Waals surface area (Å²) >= 11 is 0. The molecule has 0 bridgehead atoms. The van der Waals surface area contributed by atoms with E-state index in [2.05, 4.69) is 32.0 Å². The number of carbonyl (C=O) groups is 2. The topological polar surface area (TPSA) is 52.6 Å². The molecule has 0 amide bonds. The number of fused-ring (bicyclic) bond motifs is 2. The van der Waals surface area contributed by atoms with Gasteiger partial charge in [-0.3, -0.25) is 9.59 Å². The van der Waals surface area contributed by atoms with Gasteiger partial charge >= 0.3 is 11.9 Å². The minimum absolute atomic E-state index is 0.242. The summed E-state index contributed by atoms with van der Waals surface area (Å²) in [4.78, 5) is 25.6. The Morgan fingerprint density at radius 1 is 0.639 bits per heavy atom. The average Bonchev–Trinajstić information content (AvgIpc) is 3.40. The summed E-state index contributed by atoms with van der Waals surface area (Å²) in [6.07, 6.45) is 0. The predicted octanol–water partition coefficient (Wildman–Crippen LogP) is 6.42. The molecule has 36 heavy (non-hydrogen) atoms. The van der Waals surface area contributed by atoms with E-state index >= 15 is 0 Å². The zero-order valence-electron chi connectivity index (χ0n) is 20.4. The lowest BCUT2D eigenvalue weighted by atomic mass is 9.75. The van der Waals surface area contributed by atoms with Crippen molar-refractivity contribution >= 4 is 11.9 Å². The van der Waals surface area contributed by atoms with E-state index in [1.54, 1.807) is 0 Å². The first-order chi connectivity index (χ1) is 17.3. The van der Waals surface area contributed by atoms with E-state index in [4.69, 9.17) is 9.47 Å². The Bertz CT molecular complexity index is 1500. The van der Waals surface area contributed by atoms with Crippen molar-refractivity contribution in [2.45, 2.75) is 38.0 Å². The smallest absolute Gasteiger partial charge is 0.323 e. The molecule has 0 spiro atoms. The fourth-order valence-corrected chi connectivity index (χ4v) is 5.44. The third-order valence-corrected chi connectivity index (χ3v) is 7.53. The highest BCUT2D eigenvalue weighted by molar-refractivity contribution is 5.91. The highest BCUT2D eigenvalue weighted by Gasteiger charge is 2.39. The van der Waals surface area contributed by atoms with E-state index in [1.165, 1.54) is 0 Å². The van der Waals surface area contributed by atoms with E-state index in [-0.39, 0.29) is 11.9 Å². The standard InChI is InChI=1S/C32H26O4/c1-19-16-23(18-25-28(31(34)36-29(19)25)21-12-8-5-9-13-21)32(2,3)22-14-15-26-24(17-22)27(30(33)35-26)20-10-6-4-7-11-20/h4-18,27-28H,1-3H3. The Morgan fingerprint density at radius 2 is 1.19 bits per heavy atom. The second-order valence-electron chi connectivity index (χ2n) is 10.1. The molecule has 2 heterocycles. The summed E-state index contributed by atoms with van der Waals surface area (Å²) in [7, 11) is 0. The first-order valence-corrected chi connectivity index (χ1v) is 12.2. The van der Waals surface area contributed by atoms with Crippen molar-refractivity contribution in [3.63, 3.8) is 0 Å². The van der Waals surface area contributed by atoms with Crippen LogP contribution in [0.4, 0.5) is 0 Å². The summed E-state index contributed by atoms with van der Waals surface area (Å²) in [5, 5.41) is 0. The highest BCUT2D eigenvalue weighted by atomic mass is 16.5. The van der Waals surface area contributed by atoms with Crippen LogP contribution in [0.1, 0.15) is 64.6 Å². The van der Waals surface area contributed by atoms with Crippen LogP contribution >= 0.6 is 0 Å². The molecule has 0 saturated carbocycles. The molecule has 4 aromatic carbocycles. The molecule has 0 aromatic heterocycles.